The number of rotatable bonds is 5. The molecule has 0 atom stereocenters. The first-order chi connectivity index (χ1) is 12.8. The number of hydrogen-bond donors (Lipinski definition) is 1. The summed E-state index contributed by atoms with van der Waals surface area (Å²) < 4.78 is 41.6. The number of carbonyl (C=O) groups is 2. The second kappa shape index (κ2) is 7.40. The van der Waals surface area contributed by atoms with E-state index in [9.17, 15) is 22.8 Å². The highest BCUT2D eigenvalue weighted by Gasteiger charge is 2.38. The van der Waals surface area contributed by atoms with Crippen LogP contribution in [0.2, 0.25) is 0 Å². The maximum atomic E-state index is 12.5. The fourth-order valence-electron chi connectivity index (χ4n) is 2.21. The summed E-state index contributed by atoms with van der Waals surface area (Å²) in [7, 11) is 0. The van der Waals surface area contributed by atoms with Gasteiger partial charge in [0.05, 0.1) is 0 Å². The van der Waals surface area contributed by atoms with Crippen molar-refractivity contribution < 1.29 is 27.3 Å². The molecule has 0 fully saturated rings. The standard InChI is InChI=1S/C18H12F3N3O3/c19-18(20,21)17-23-15(24-27-17)13-8-6-11(7-9-13)10-22-16(26)14(25)12-4-2-1-3-5-12/h1-9H,10H2,(H,22,26). The highest BCUT2D eigenvalue weighted by atomic mass is 19.4. The number of amides is 1. The normalized spacial score (nSPS) is 11.2. The second-order valence-corrected chi connectivity index (χ2v) is 5.50. The van der Waals surface area contributed by atoms with Crippen LogP contribution in [0, 0.1) is 0 Å². The first-order valence-electron chi connectivity index (χ1n) is 7.72. The highest BCUT2D eigenvalue weighted by Crippen LogP contribution is 2.29. The molecule has 1 amide bonds. The smallest absolute Gasteiger partial charge is 0.345 e. The van der Waals surface area contributed by atoms with Gasteiger partial charge in [-0.2, -0.15) is 18.2 Å². The van der Waals surface area contributed by atoms with E-state index < -0.39 is 23.8 Å². The van der Waals surface area contributed by atoms with Gasteiger partial charge in [-0.25, -0.2) is 0 Å². The van der Waals surface area contributed by atoms with Crippen LogP contribution in [0.4, 0.5) is 13.2 Å². The van der Waals surface area contributed by atoms with Crippen LogP contribution < -0.4 is 5.32 Å². The van der Waals surface area contributed by atoms with E-state index in [2.05, 4.69) is 20.0 Å². The third-order valence-corrected chi connectivity index (χ3v) is 3.58. The minimum absolute atomic E-state index is 0.0811. The largest absolute Gasteiger partial charge is 0.471 e. The van der Waals surface area contributed by atoms with Crippen LogP contribution >= 0.6 is 0 Å². The Kier molecular flexibility index (Phi) is 5.02. The molecule has 0 saturated carbocycles. The third-order valence-electron chi connectivity index (χ3n) is 3.58. The maximum Gasteiger partial charge on any atom is 0.471 e. The number of carbonyl (C=O) groups excluding carboxylic acids is 2. The molecule has 3 aromatic rings. The topological polar surface area (TPSA) is 85.1 Å². The van der Waals surface area contributed by atoms with Crippen molar-refractivity contribution in [3.63, 3.8) is 0 Å². The maximum absolute atomic E-state index is 12.5. The molecule has 1 N–H and O–H groups in total. The van der Waals surface area contributed by atoms with Gasteiger partial charge in [0.2, 0.25) is 11.6 Å². The van der Waals surface area contributed by atoms with E-state index in [1.165, 1.54) is 24.3 Å². The lowest BCUT2D eigenvalue weighted by Gasteiger charge is -2.05. The number of hydrogen-bond acceptors (Lipinski definition) is 5. The third kappa shape index (κ3) is 4.38. The summed E-state index contributed by atoms with van der Waals surface area (Å²) in [5, 5.41) is 5.79. The zero-order chi connectivity index (χ0) is 19.4. The number of Topliss-reactive ketones (excluding diaryl/α,β-unsaturated/α-hetero) is 1. The van der Waals surface area contributed by atoms with E-state index in [1.807, 2.05) is 0 Å². The average Bonchev–Trinajstić information content (AvgIpc) is 3.17. The van der Waals surface area contributed by atoms with Crippen LogP contribution in [0.25, 0.3) is 11.4 Å². The van der Waals surface area contributed by atoms with Crippen LogP contribution in [0.15, 0.2) is 59.1 Å². The number of alkyl halides is 3. The van der Waals surface area contributed by atoms with E-state index in [0.717, 1.165) is 0 Å². The van der Waals surface area contributed by atoms with Crippen molar-refractivity contribution in [1.29, 1.82) is 0 Å². The molecule has 6 nitrogen and oxygen atoms in total. The highest BCUT2D eigenvalue weighted by molar-refractivity contribution is 6.42. The molecule has 2 aromatic carbocycles. The van der Waals surface area contributed by atoms with Gasteiger partial charge in [-0.1, -0.05) is 59.8 Å². The summed E-state index contributed by atoms with van der Waals surface area (Å²) in [5.74, 6) is -3.03. The number of halogens is 3. The molecule has 27 heavy (non-hydrogen) atoms. The van der Waals surface area contributed by atoms with Crippen molar-refractivity contribution in [3.05, 3.63) is 71.6 Å². The van der Waals surface area contributed by atoms with E-state index in [0.29, 0.717) is 11.1 Å². The Balaban J connectivity index is 1.62. The fourth-order valence-corrected chi connectivity index (χ4v) is 2.21. The predicted octanol–water partition coefficient (Wildman–Crippen LogP) is 3.25. The molecule has 0 aliphatic carbocycles. The number of benzene rings is 2. The lowest BCUT2D eigenvalue weighted by atomic mass is 10.1. The van der Waals surface area contributed by atoms with Crippen molar-refractivity contribution in [3.8, 4) is 11.4 Å². The number of nitrogens with one attached hydrogen (secondary N) is 1. The monoisotopic (exact) mass is 375 g/mol. The van der Waals surface area contributed by atoms with Gasteiger partial charge in [0.1, 0.15) is 0 Å². The van der Waals surface area contributed by atoms with E-state index in [-0.39, 0.29) is 17.9 Å². The molecular formula is C18H12F3N3O3. The average molecular weight is 375 g/mol. The van der Waals surface area contributed by atoms with Gasteiger partial charge in [0, 0.05) is 17.7 Å². The molecule has 0 unspecified atom stereocenters. The molecule has 0 radical (unpaired) electrons. The first-order valence-corrected chi connectivity index (χ1v) is 7.72. The molecule has 1 heterocycles. The van der Waals surface area contributed by atoms with E-state index in [1.54, 1.807) is 30.3 Å². The van der Waals surface area contributed by atoms with Gasteiger partial charge < -0.3 is 9.84 Å². The molecule has 138 valence electrons. The zero-order valence-corrected chi connectivity index (χ0v) is 13.7. The quantitative estimate of drug-likeness (QED) is 0.547. The Hall–Kier alpha value is -3.49. The number of aromatic nitrogens is 2. The minimum atomic E-state index is -4.71. The minimum Gasteiger partial charge on any atom is -0.345 e. The molecular weight excluding hydrogens is 363 g/mol. The molecule has 0 aliphatic rings. The lowest BCUT2D eigenvalue weighted by molar-refractivity contribution is -0.159. The molecule has 0 saturated heterocycles. The molecule has 0 spiro atoms. The van der Waals surface area contributed by atoms with Crippen LogP contribution in [-0.4, -0.2) is 21.8 Å². The summed E-state index contributed by atoms with van der Waals surface area (Å²) in [6.45, 7) is 0.0811. The second-order valence-electron chi connectivity index (χ2n) is 5.50. The zero-order valence-electron chi connectivity index (χ0n) is 13.7. The molecule has 9 heteroatoms. The van der Waals surface area contributed by atoms with E-state index >= 15 is 0 Å². The van der Waals surface area contributed by atoms with Gasteiger partial charge in [0.15, 0.2) is 0 Å². The molecule has 0 bridgehead atoms. The van der Waals surface area contributed by atoms with Crippen molar-refractivity contribution in [1.82, 2.24) is 15.5 Å². The number of ketones is 1. The Morgan fingerprint density at radius 1 is 1.00 bits per heavy atom. The summed E-state index contributed by atoms with van der Waals surface area (Å²) in [6.07, 6.45) is -4.71. The van der Waals surface area contributed by atoms with Crippen molar-refractivity contribution in [2.75, 3.05) is 0 Å². The summed E-state index contributed by atoms with van der Waals surface area (Å²) >= 11 is 0. The van der Waals surface area contributed by atoms with Gasteiger partial charge in [-0.15, -0.1) is 0 Å². The van der Waals surface area contributed by atoms with Crippen LogP contribution in [-0.2, 0) is 17.5 Å². The Labute approximate surface area is 151 Å². The van der Waals surface area contributed by atoms with Gasteiger partial charge in [-0.05, 0) is 5.56 Å². The lowest BCUT2D eigenvalue weighted by Crippen LogP contribution is -2.30. The van der Waals surface area contributed by atoms with Crippen LogP contribution in [0.5, 0.6) is 0 Å². The van der Waals surface area contributed by atoms with Crippen molar-refractivity contribution in [2.45, 2.75) is 12.7 Å². The molecule has 0 aliphatic heterocycles. The summed E-state index contributed by atoms with van der Waals surface area (Å²) in [6, 6.07) is 14.3. The molecule has 1 aromatic heterocycles. The van der Waals surface area contributed by atoms with Gasteiger partial charge in [0.25, 0.3) is 5.91 Å². The molecule has 3 rings (SSSR count). The predicted molar refractivity (Wildman–Crippen MR) is 87.4 cm³/mol. The van der Waals surface area contributed by atoms with Crippen molar-refractivity contribution in [2.24, 2.45) is 0 Å². The summed E-state index contributed by atoms with van der Waals surface area (Å²) in [4.78, 5) is 27.2. The van der Waals surface area contributed by atoms with Gasteiger partial charge in [-0.3, -0.25) is 9.59 Å². The van der Waals surface area contributed by atoms with Crippen molar-refractivity contribution >= 4 is 11.7 Å². The van der Waals surface area contributed by atoms with Crippen LogP contribution in [0.1, 0.15) is 21.8 Å². The Morgan fingerprint density at radius 3 is 2.26 bits per heavy atom. The fraction of sp³-hybridized carbons (Fsp3) is 0.111. The Morgan fingerprint density at radius 2 is 1.67 bits per heavy atom. The first kappa shape index (κ1) is 18.3. The van der Waals surface area contributed by atoms with Gasteiger partial charge >= 0.3 is 12.1 Å². The summed E-state index contributed by atoms with van der Waals surface area (Å²) in [5.41, 5.74) is 1.25. The Bertz CT molecular complexity index is 951. The number of nitrogens with zero attached hydrogens (tertiary/aromatic N) is 2. The van der Waals surface area contributed by atoms with E-state index in [4.69, 9.17) is 0 Å². The van der Waals surface area contributed by atoms with Crippen LogP contribution in [0.3, 0.4) is 0 Å². The SMILES string of the molecule is O=C(NCc1ccc(-c2noc(C(F)(F)F)n2)cc1)C(=O)c1ccccc1.